The minimum absolute atomic E-state index is 0. The van der Waals surface area contributed by atoms with E-state index in [1.807, 2.05) is 24.0 Å². The van der Waals surface area contributed by atoms with Gasteiger partial charge in [-0.15, -0.1) is 12.4 Å². The van der Waals surface area contributed by atoms with Gasteiger partial charge < -0.3 is 20.6 Å². The molecule has 2 fully saturated rings. The van der Waals surface area contributed by atoms with Crippen molar-refractivity contribution in [3.63, 3.8) is 0 Å². The quantitative estimate of drug-likeness (QED) is 0.479. The first-order valence-electron chi connectivity index (χ1n) is 12.0. The van der Waals surface area contributed by atoms with Crippen LogP contribution in [0.2, 0.25) is 0 Å². The van der Waals surface area contributed by atoms with Gasteiger partial charge >= 0.3 is 0 Å². The molecule has 0 radical (unpaired) electrons. The minimum atomic E-state index is -0.553. The minimum Gasteiger partial charge on any atom is -0.396 e. The average molecular weight is 533 g/mol. The molecule has 9 nitrogen and oxygen atoms in total. The Morgan fingerprint density at radius 1 is 1.00 bits per heavy atom. The van der Waals surface area contributed by atoms with Gasteiger partial charge in [-0.1, -0.05) is 12.2 Å². The van der Waals surface area contributed by atoms with E-state index in [1.165, 1.54) is 12.1 Å². The van der Waals surface area contributed by atoms with Crippen LogP contribution in [0, 0.1) is 24.5 Å². The molecule has 1 aromatic carbocycles. The SMILES string of the molecule is Cc1c(/C=C/CN2CCN(c3cc(F)cc(F)c3)CC2)cnn1-c1cc(N2CC(CO)C2)nc(N)n1.Cl. The van der Waals surface area contributed by atoms with Crippen molar-refractivity contribution in [1.29, 1.82) is 0 Å². The van der Waals surface area contributed by atoms with Crippen LogP contribution in [-0.4, -0.2) is 82.2 Å². The van der Waals surface area contributed by atoms with Crippen molar-refractivity contribution in [1.82, 2.24) is 24.6 Å². The average Bonchev–Trinajstić information content (AvgIpc) is 3.18. The van der Waals surface area contributed by atoms with E-state index in [9.17, 15) is 13.9 Å². The fraction of sp³-hybridized carbons (Fsp3) is 0.400. The van der Waals surface area contributed by atoms with E-state index in [4.69, 9.17) is 5.73 Å². The van der Waals surface area contributed by atoms with Gasteiger partial charge in [0, 0.05) is 81.7 Å². The summed E-state index contributed by atoms with van der Waals surface area (Å²) in [6, 6.07) is 5.51. The van der Waals surface area contributed by atoms with Crippen LogP contribution in [0.1, 0.15) is 11.3 Å². The first kappa shape index (κ1) is 26.8. The molecule has 0 aliphatic carbocycles. The highest BCUT2D eigenvalue weighted by Gasteiger charge is 2.28. The Balaban J connectivity index is 0.00000320. The monoisotopic (exact) mass is 532 g/mol. The van der Waals surface area contributed by atoms with Gasteiger partial charge in [0.15, 0.2) is 5.82 Å². The smallest absolute Gasteiger partial charge is 0.224 e. The normalized spacial score (nSPS) is 16.8. The summed E-state index contributed by atoms with van der Waals surface area (Å²) in [7, 11) is 0. The number of nitrogen functional groups attached to an aromatic ring is 1. The Bertz CT molecular complexity index is 1240. The molecule has 0 saturated carbocycles. The number of nitrogens with two attached hydrogens (primary N) is 1. The Labute approximate surface area is 220 Å². The van der Waals surface area contributed by atoms with Crippen LogP contribution >= 0.6 is 12.4 Å². The topological polar surface area (TPSA) is 99.6 Å². The molecule has 2 aliphatic rings. The van der Waals surface area contributed by atoms with Gasteiger partial charge in [-0.05, 0) is 19.1 Å². The molecule has 2 aliphatic heterocycles. The van der Waals surface area contributed by atoms with Crippen molar-refractivity contribution in [2.75, 3.05) is 68.0 Å². The van der Waals surface area contributed by atoms with Gasteiger partial charge in [0.25, 0.3) is 0 Å². The van der Waals surface area contributed by atoms with Crippen molar-refractivity contribution >= 4 is 35.9 Å². The molecule has 3 aromatic rings. The summed E-state index contributed by atoms with van der Waals surface area (Å²) in [4.78, 5) is 15.1. The van der Waals surface area contributed by atoms with Crippen LogP contribution in [-0.2, 0) is 0 Å². The van der Waals surface area contributed by atoms with E-state index in [0.29, 0.717) is 24.6 Å². The number of halogens is 3. The third-order valence-electron chi connectivity index (χ3n) is 6.77. The molecule has 12 heteroatoms. The summed E-state index contributed by atoms with van der Waals surface area (Å²) in [5.74, 6) is 0.676. The van der Waals surface area contributed by atoms with Crippen molar-refractivity contribution in [2.24, 2.45) is 5.92 Å². The molecule has 0 unspecified atom stereocenters. The molecule has 198 valence electrons. The number of hydrogen-bond donors (Lipinski definition) is 2. The molecule has 0 amide bonds. The lowest BCUT2D eigenvalue weighted by atomic mass is 10.0. The first-order valence-corrected chi connectivity index (χ1v) is 12.0. The maximum atomic E-state index is 13.5. The molecule has 37 heavy (non-hydrogen) atoms. The Hall–Kier alpha value is -3.28. The predicted molar refractivity (Wildman–Crippen MR) is 142 cm³/mol. The maximum absolute atomic E-state index is 13.5. The standard InChI is InChI=1S/C25H30F2N8O.ClH/c1-17-19(3-2-4-32-5-7-33(8-6-32)22-10-20(26)9-21(27)11-22)13-29-35(17)24-12-23(30-25(28)31-24)34-14-18(15-34)16-36;/h2-3,9-13,18,36H,4-8,14-16H2,1H3,(H2,28,30,31);1H/b3-2+;. The van der Waals surface area contributed by atoms with Crippen LogP contribution in [0.15, 0.2) is 36.5 Å². The highest BCUT2D eigenvalue weighted by atomic mass is 35.5. The lowest BCUT2D eigenvalue weighted by molar-refractivity contribution is 0.200. The highest BCUT2D eigenvalue weighted by molar-refractivity contribution is 5.85. The summed E-state index contributed by atoms with van der Waals surface area (Å²) in [6.07, 6.45) is 5.94. The number of aromatic nitrogens is 4. The summed E-state index contributed by atoms with van der Waals surface area (Å²) >= 11 is 0. The largest absolute Gasteiger partial charge is 0.396 e. The second-order valence-corrected chi connectivity index (χ2v) is 9.31. The Morgan fingerprint density at radius 3 is 2.35 bits per heavy atom. The molecular formula is C25H31ClF2N8O. The number of hydrogen-bond acceptors (Lipinski definition) is 8. The van der Waals surface area contributed by atoms with Crippen molar-refractivity contribution < 1.29 is 13.9 Å². The Morgan fingerprint density at radius 2 is 1.68 bits per heavy atom. The fourth-order valence-corrected chi connectivity index (χ4v) is 4.64. The zero-order valence-electron chi connectivity index (χ0n) is 20.6. The number of aliphatic hydroxyl groups is 1. The maximum Gasteiger partial charge on any atom is 0.224 e. The van der Waals surface area contributed by atoms with E-state index < -0.39 is 11.6 Å². The third-order valence-corrected chi connectivity index (χ3v) is 6.77. The van der Waals surface area contributed by atoms with E-state index in [2.05, 4.69) is 30.9 Å². The van der Waals surface area contributed by atoms with Crippen molar-refractivity contribution in [3.05, 3.63) is 59.4 Å². The Kier molecular flexibility index (Phi) is 8.25. The molecule has 2 saturated heterocycles. The van der Waals surface area contributed by atoms with Gasteiger partial charge in [-0.25, -0.2) is 13.5 Å². The van der Waals surface area contributed by atoms with Crippen LogP contribution in [0.4, 0.5) is 26.2 Å². The second-order valence-electron chi connectivity index (χ2n) is 9.31. The third kappa shape index (κ3) is 6.00. The van der Waals surface area contributed by atoms with Crippen molar-refractivity contribution in [2.45, 2.75) is 6.92 Å². The van der Waals surface area contributed by atoms with E-state index in [0.717, 1.165) is 55.9 Å². The summed E-state index contributed by atoms with van der Waals surface area (Å²) < 4.78 is 28.8. The van der Waals surface area contributed by atoms with Crippen LogP contribution in [0.25, 0.3) is 11.9 Å². The fourth-order valence-electron chi connectivity index (χ4n) is 4.64. The molecule has 0 atom stereocenters. The van der Waals surface area contributed by atoms with E-state index >= 15 is 0 Å². The van der Waals surface area contributed by atoms with Crippen molar-refractivity contribution in [3.8, 4) is 5.82 Å². The molecule has 0 bridgehead atoms. The summed E-state index contributed by atoms with van der Waals surface area (Å²) in [5, 5.41) is 13.8. The van der Waals surface area contributed by atoms with Gasteiger partial charge in [-0.3, -0.25) is 4.90 Å². The first-order chi connectivity index (χ1) is 17.4. The molecule has 2 aromatic heterocycles. The number of anilines is 3. The molecule has 0 spiro atoms. The number of aliphatic hydroxyl groups excluding tert-OH is 1. The molecule has 4 heterocycles. The number of piperazine rings is 1. The van der Waals surface area contributed by atoms with Crippen LogP contribution < -0.4 is 15.5 Å². The van der Waals surface area contributed by atoms with Gasteiger partial charge in [0.05, 0.1) is 11.9 Å². The molecule has 3 N–H and O–H groups in total. The van der Waals surface area contributed by atoms with E-state index in [-0.39, 0.29) is 30.9 Å². The zero-order chi connectivity index (χ0) is 25.2. The van der Waals surface area contributed by atoms with Gasteiger partial charge in [0.2, 0.25) is 5.95 Å². The zero-order valence-corrected chi connectivity index (χ0v) is 21.4. The predicted octanol–water partition coefficient (Wildman–Crippen LogP) is 2.52. The highest BCUT2D eigenvalue weighted by Crippen LogP contribution is 2.25. The van der Waals surface area contributed by atoms with Gasteiger partial charge in [-0.2, -0.15) is 15.1 Å². The summed E-state index contributed by atoms with van der Waals surface area (Å²) in [5.41, 5.74) is 8.46. The number of rotatable bonds is 7. The van der Waals surface area contributed by atoms with Crippen LogP contribution in [0.3, 0.4) is 0 Å². The number of nitrogens with zero attached hydrogens (tertiary/aromatic N) is 7. The molecular weight excluding hydrogens is 502 g/mol. The van der Waals surface area contributed by atoms with Gasteiger partial charge in [0.1, 0.15) is 17.5 Å². The number of benzene rings is 1. The van der Waals surface area contributed by atoms with E-state index in [1.54, 1.807) is 10.9 Å². The van der Waals surface area contributed by atoms with Crippen LogP contribution in [0.5, 0.6) is 0 Å². The summed E-state index contributed by atoms with van der Waals surface area (Å²) in [6.45, 7) is 7.42. The second kappa shape index (κ2) is 11.4. The lowest BCUT2D eigenvalue weighted by Gasteiger charge is -2.39. The molecule has 5 rings (SSSR count). The lowest BCUT2D eigenvalue weighted by Crippen LogP contribution is -2.48.